The number of ether oxygens (including phenoxy) is 2. The molecule has 2 fully saturated rings. The molecular weight excluding hydrogens is 561 g/mol. The molecular formula is C32H31F3N4O4. The van der Waals surface area contributed by atoms with E-state index in [1.165, 1.54) is 12.1 Å². The van der Waals surface area contributed by atoms with Crippen LogP contribution < -0.4 is 20.1 Å². The van der Waals surface area contributed by atoms with Crippen LogP contribution in [0, 0.1) is 5.92 Å². The standard InChI is InChI=1S/C32H31F3N4O4/c1-17-15-39(11-10-36-17)16-19-3-2-18(12-24(19)32(33,34)35)25(40)14-23-29-22-13-20(4-6-26(22)43-30(23)29)42-27-8-9-37-31-21(27)5-7-28(41)38-31/h2-4,6,8-9,12-13,17,23,29-30,36H,5,7,10-11,14-16H2,1H3,(H,37,38,41)/t17-,23+,29+,30-/m1/s1. The molecule has 2 N–H and O–H groups in total. The Balaban J connectivity index is 1.05. The Kier molecular flexibility index (Phi) is 6.89. The molecule has 8 nitrogen and oxygen atoms in total. The summed E-state index contributed by atoms with van der Waals surface area (Å²) in [6.07, 6.45) is -2.18. The van der Waals surface area contributed by atoms with E-state index in [9.17, 15) is 22.8 Å². The van der Waals surface area contributed by atoms with Gasteiger partial charge in [0.1, 0.15) is 29.2 Å². The maximum atomic E-state index is 14.1. The fraction of sp³-hybridized carbons (Fsp3) is 0.406. The number of hydrogen-bond donors (Lipinski definition) is 2. The van der Waals surface area contributed by atoms with E-state index < -0.39 is 11.7 Å². The zero-order chi connectivity index (χ0) is 29.9. The number of aromatic nitrogens is 1. The van der Waals surface area contributed by atoms with Gasteiger partial charge in [0, 0.05) is 79.8 Å². The van der Waals surface area contributed by atoms with Gasteiger partial charge < -0.3 is 20.1 Å². The molecule has 0 bridgehead atoms. The Morgan fingerprint density at radius 3 is 2.84 bits per heavy atom. The number of carbonyl (C=O) groups excluding carboxylic acids is 2. The molecule has 3 aromatic rings. The molecule has 1 aromatic heterocycles. The first-order valence-electron chi connectivity index (χ1n) is 14.6. The van der Waals surface area contributed by atoms with Gasteiger partial charge in [-0.2, -0.15) is 13.2 Å². The van der Waals surface area contributed by atoms with E-state index in [1.807, 2.05) is 24.0 Å². The minimum absolute atomic E-state index is 0.0239. The Morgan fingerprint density at radius 1 is 1.16 bits per heavy atom. The number of carbonyl (C=O) groups is 2. The number of rotatable bonds is 7. The first-order chi connectivity index (χ1) is 20.6. The number of fused-ring (bicyclic) bond motifs is 4. The maximum Gasteiger partial charge on any atom is 0.416 e. The Morgan fingerprint density at radius 2 is 2.02 bits per heavy atom. The molecule has 0 spiro atoms. The minimum Gasteiger partial charge on any atom is -0.489 e. The molecule has 1 amide bonds. The molecule has 7 rings (SSSR count). The minimum atomic E-state index is -4.56. The van der Waals surface area contributed by atoms with Gasteiger partial charge >= 0.3 is 6.18 Å². The number of benzene rings is 2. The van der Waals surface area contributed by atoms with Crippen molar-refractivity contribution in [2.75, 3.05) is 25.0 Å². The van der Waals surface area contributed by atoms with Gasteiger partial charge in [-0.15, -0.1) is 0 Å². The Bertz CT molecular complexity index is 1610. The summed E-state index contributed by atoms with van der Waals surface area (Å²) >= 11 is 0. The summed E-state index contributed by atoms with van der Waals surface area (Å²) in [6.45, 7) is 4.27. The molecule has 4 heterocycles. The van der Waals surface area contributed by atoms with Crippen molar-refractivity contribution < 1.29 is 32.2 Å². The lowest BCUT2D eigenvalue weighted by atomic mass is 9.97. The molecule has 224 valence electrons. The highest BCUT2D eigenvalue weighted by molar-refractivity contribution is 5.97. The topological polar surface area (TPSA) is 92.8 Å². The lowest BCUT2D eigenvalue weighted by Crippen LogP contribution is -2.48. The number of Topliss-reactive ketones (excluding diaryl/α,β-unsaturated/α-hetero) is 1. The molecule has 2 aromatic carbocycles. The summed E-state index contributed by atoms with van der Waals surface area (Å²) in [5, 5.41) is 6.06. The third-order valence-electron chi connectivity index (χ3n) is 8.81. The van der Waals surface area contributed by atoms with E-state index in [0.29, 0.717) is 43.2 Å². The van der Waals surface area contributed by atoms with Crippen LogP contribution in [0.4, 0.5) is 19.0 Å². The average Bonchev–Trinajstić information content (AvgIpc) is 3.48. The summed E-state index contributed by atoms with van der Waals surface area (Å²) < 4.78 is 54.4. The van der Waals surface area contributed by atoms with Gasteiger partial charge in [0.05, 0.1) is 5.56 Å². The van der Waals surface area contributed by atoms with E-state index in [2.05, 4.69) is 15.6 Å². The largest absolute Gasteiger partial charge is 0.489 e. The summed E-state index contributed by atoms with van der Waals surface area (Å²) in [7, 11) is 0. The highest BCUT2D eigenvalue weighted by atomic mass is 19.4. The lowest BCUT2D eigenvalue weighted by molar-refractivity contribution is -0.138. The van der Waals surface area contributed by atoms with Gasteiger partial charge in [-0.05, 0) is 49.2 Å². The summed E-state index contributed by atoms with van der Waals surface area (Å²) in [5.74, 6) is 1.88. The van der Waals surface area contributed by atoms with E-state index >= 15 is 0 Å². The van der Waals surface area contributed by atoms with E-state index in [4.69, 9.17) is 9.47 Å². The Hall–Kier alpha value is -3.96. The van der Waals surface area contributed by atoms with Crippen LogP contribution in [-0.4, -0.2) is 53.4 Å². The molecule has 4 atom stereocenters. The average molecular weight is 593 g/mol. The second-order valence-corrected chi connectivity index (χ2v) is 11.8. The molecule has 3 aliphatic heterocycles. The normalized spacial score (nSPS) is 24.3. The van der Waals surface area contributed by atoms with Crippen LogP contribution in [0.3, 0.4) is 0 Å². The zero-order valence-electron chi connectivity index (χ0n) is 23.5. The second kappa shape index (κ2) is 10.6. The van der Waals surface area contributed by atoms with Crippen molar-refractivity contribution in [3.8, 4) is 17.2 Å². The zero-order valence-corrected chi connectivity index (χ0v) is 23.5. The van der Waals surface area contributed by atoms with Gasteiger partial charge in [0.2, 0.25) is 5.91 Å². The number of ketones is 1. The fourth-order valence-electron chi connectivity index (χ4n) is 6.62. The van der Waals surface area contributed by atoms with Crippen LogP contribution in [-0.2, 0) is 23.9 Å². The number of halogens is 3. The van der Waals surface area contributed by atoms with Gasteiger partial charge in [-0.25, -0.2) is 4.98 Å². The van der Waals surface area contributed by atoms with Crippen LogP contribution in [0.2, 0.25) is 0 Å². The summed E-state index contributed by atoms with van der Waals surface area (Å²) in [6, 6.07) is 11.5. The molecule has 1 aliphatic carbocycles. The highest BCUT2D eigenvalue weighted by Crippen LogP contribution is 2.60. The number of amides is 1. The first-order valence-corrected chi connectivity index (χ1v) is 14.6. The molecule has 11 heteroatoms. The highest BCUT2D eigenvalue weighted by Gasteiger charge is 2.59. The van der Waals surface area contributed by atoms with Crippen LogP contribution in [0.5, 0.6) is 17.2 Å². The molecule has 43 heavy (non-hydrogen) atoms. The number of alkyl halides is 3. The fourth-order valence-corrected chi connectivity index (χ4v) is 6.62. The lowest BCUT2D eigenvalue weighted by Gasteiger charge is -2.32. The van der Waals surface area contributed by atoms with Crippen molar-refractivity contribution >= 4 is 17.5 Å². The van der Waals surface area contributed by atoms with Crippen molar-refractivity contribution in [1.82, 2.24) is 15.2 Å². The number of hydrogen-bond acceptors (Lipinski definition) is 7. The van der Waals surface area contributed by atoms with Crippen molar-refractivity contribution in [1.29, 1.82) is 0 Å². The molecule has 1 saturated heterocycles. The number of anilines is 1. The van der Waals surface area contributed by atoms with Crippen LogP contribution >= 0.6 is 0 Å². The van der Waals surface area contributed by atoms with Gasteiger partial charge in [0.25, 0.3) is 0 Å². The first kappa shape index (κ1) is 27.8. The third kappa shape index (κ3) is 5.47. The predicted molar refractivity (Wildman–Crippen MR) is 151 cm³/mol. The number of nitrogens with zero attached hydrogens (tertiary/aromatic N) is 2. The number of pyridine rings is 1. The summed E-state index contributed by atoms with van der Waals surface area (Å²) in [4.78, 5) is 31.2. The second-order valence-electron chi connectivity index (χ2n) is 11.8. The quantitative estimate of drug-likeness (QED) is 0.359. The van der Waals surface area contributed by atoms with Crippen molar-refractivity contribution in [3.63, 3.8) is 0 Å². The van der Waals surface area contributed by atoms with E-state index in [-0.39, 0.29) is 59.8 Å². The number of nitrogens with one attached hydrogen (secondary N) is 2. The maximum absolute atomic E-state index is 14.1. The molecule has 0 radical (unpaired) electrons. The van der Waals surface area contributed by atoms with E-state index in [1.54, 1.807) is 18.3 Å². The van der Waals surface area contributed by atoms with Crippen molar-refractivity contribution in [2.24, 2.45) is 5.92 Å². The van der Waals surface area contributed by atoms with Crippen molar-refractivity contribution in [2.45, 2.75) is 57.0 Å². The van der Waals surface area contributed by atoms with Gasteiger partial charge in [0.15, 0.2) is 5.78 Å². The predicted octanol–water partition coefficient (Wildman–Crippen LogP) is 5.32. The van der Waals surface area contributed by atoms with Crippen LogP contribution in [0.25, 0.3) is 0 Å². The summed E-state index contributed by atoms with van der Waals surface area (Å²) in [5.41, 5.74) is 1.26. The third-order valence-corrected chi connectivity index (χ3v) is 8.81. The number of piperazine rings is 1. The SMILES string of the molecule is C[C@@H]1CN(Cc2ccc(C(=O)C[C@@H]3[C@H]4Oc5ccc(Oc6ccnc7c6CCC(=O)N7)cc5[C@@H]34)cc2C(F)(F)F)CCN1. The Labute approximate surface area is 246 Å². The monoisotopic (exact) mass is 592 g/mol. The van der Waals surface area contributed by atoms with Crippen LogP contribution in [0.15, 0.2) is 48.7 Å². The molecule has 1 saturated carbocycles. The molecule has 0 unspecified atom stereocenters. The van der Waals surface area contributed by atoms with Crippen LogP contribution in [0.1, 0.15) is 58.3 Å². The van der Waals surface area contributed by atoms with E-state index in [0.717, 1.165) is 29.5 Å². The van der Waals surface area contributed by atoms with Gasteiger partial charge in [-0.1, -0.05) is 12.1 Å². The molecule has 4 aliphatic rings. The smallest absolute Gasteiger partial charge is 0.416 e. The van der Waals surface area contributed by atoms with Gasteiger partial charge in [-0.3, -0.25) is 14.5 Å². The van der Waals surface area contributed by atoms with Crippen molar-refractivity contribution in [3.05, 3.63) is 76.5 Å².